The minimum atomic E-state index is -0.360. The summed E-state index contributed by atoms with van der Waals surface area (Å²) in [4.78, 5) is 26.2. The molecule has 0 saturated carbocycles. The molecule has 28 heavy (non-hydrogen) atoms. The lowest BCUT2D eigenvalue weighted by molar-refractivity contribution is -0.123. The fourth-order valence-electron chi connectivity index (χ4n) is 3.65. The van der Waals surface area contributed by atoms with Crippen LogP contribution >= 0.6 is 0 Å². The average Bonchev–Trinajstić information content (AvgIpc) is 3.07. The van der Waals surface area contributed by atoms with E-state index in [1.807, 2.05) is 18.5 Å². The van der Waals surface area contributed by atoms with Crippen LogP contribution in [-0.4, -0.2) is 46.3 Å². The van der Waals surface area contributed by atoms with Crippen molar-refractivity contribution in [2.45, 2.75) is 40.2 Å². The number of aromatic nitrogens is 2. The van der Waals surface area contributed by atoms with E-state index >= 15 is 0 Å². The SMILES string of the molecule is CCOC(=O)c1cnn(-c2cc(C)ccc2C)c1CN1CCC(C(N)=O)CC1. The molecule has 2 heterocycles. The van der Waals surface area contributed by atoms with Gasteiger partial charge in [0, 0.05) is 12.5 Å². The molecule has 1 fully saturated rings. The summed E-state index contributed by atoms with van der Waals surface area (Å²) in [5.74, 6) is -0.655. The number of nitrogens with zero attached hydrogens (tertiary/aromatic N) is 3. The van der Waals surface area contributed by atoms with Crippen molar-refractivity contribution in [3.63, 3.8) is 0 Å². The molecule has 0 aliphatic carbocycles. The molecule has 0 unspecified atom stereocenters. The molecular formula is C21H28N4O3. The third-order valence-electron chi connectivity index (χ3n) is 5.32. The number of likely N-dealkylation sites (tertiary alicyclic amines) is 1. The van der Waals surface area contributed by atoms with Gasteiger partial charge in [0.15, 0.2) is 0 Å². The van der Waals surface area contributed by atoms with Crippen molar-refractivity contribution >= 4 is 11.9 Å². The quantitative estimate of drug-likeness (QED) is 0.772. The lowest BCUT2D eigenvalue weighted by Gasteiger charge is -2.30. The summed E-state index contributed by atoms with van der Waals surface area (Å²) in [5, 5.41) is 4.52. The summed E-state index contributed by atoms with van der Waals surface area (Å²) in [6.45, 7) is 8.25. The number of piperidine rings is 1. The Morgan fingerprint density at radius 3 is 2.61 bits per heavy atom. The molecule has 2 aromatic rings. The number of amides is 1. The highest BCUT2D eigenvalue weighted by molar-refractivity contribution is 5.90. The van der Waals surface area contributed by atoms with Gasteiger partial charge in [-0.25, -0.2) is 9.48 Å². The van der Waals surface area contributed by atoms with Crippen LogP contribution in [0.5, 0.6) is 0 Å². The molecule has 3 rings (SSSR count). The Kier molecular flexibility index (Phi) is 6.14. The van der Waals surface area contributed by atoms with Gasteiger partial charge in [-0.3, -0.25) is 9.69 Å². The van der Waals surface area contributed by atoms with E-state index in [0.29, 0.717) is 18.7 Å². The van der Waals surface area contributed by atoms with Gasteiger partial charge in [-0.05, 0) is 63.9 Å². The van der Waals surface area contributed by atoms with E-state index in [4.69, 9.17) is 10.5 Å². The number of benzene rings is 1. The molecule has 1 saturated heterocycles. The van der Waals surface area contributed by atoms with Gasteiger partial charge in [0.25, 0.3) is 0 Å². The van der Waals surface area contributed by atoms with E-state index in [1.165, 1.54) is 0 Å². The van der Waals surface area contributed by atoms with Gasteiger partial charge in [0.2, 0.25) is 5.91 Å². The van der Waals surface area contributed by atoms with Gasteiger partial charge in [-0.2, -0.15) is 5.10 Å². The Morgan fingerprint density at radius 2 is 1.96 bits per heavy atom. The van der Waals surface area contributed by atoms with Gasteiger partial charge in [-0.15, -0.1) is 0 Å². The van der Waals surface area contributed by atoms with Crippen LogP contribution < -0.4 is 5.73 Å². The van der Waals surface area contributed by atoms with Gasteiger partial charge in [0.05, 0.1) is 24.2 Å². The first-order valence-corrected chi connectivity index (χ1v) is 9.74. The molecule has 0 bridgehead atoms. The van der Waals surface area contributed by atoms with Crippen molar-refractivity contribution in [3.05, 3.63) is 46.8 Å². The Balaban J connectivity index is 1.93. The van der Waals surface area contributed by atoms with Crippen LogP contribution in [0.25, 0.3) is 5.69 Å². The van der Waals surface area contributed by atoms with Crippen molar-refractivity contribution < 1.29 is 14.3 Å². The monoisotopic (exact) mass is 384 g/mol. The topological polar surface area (TPSA) is 90.4 Å². The number of carbonyl (C=O) groups excluding carboxylic acids is 2. The van der Waals surface area contributed by atoms with Gasteiger partial charge in [0.1, 0.15) is 5.56 Å². The Bertz CT molecular complexity index is 867. The summed E-state index contributed by atoms with van der Waals surface area (Å²) in [6.07, 6.45) is 3.06. The lowest BCUT2D eigenvalue weighted by atomic mass is 9.96. The lowest BCUT2D eigenvalue weighted by Crippen LogP contribution is -2.38. The van der Waals surface area contributed by atoms with Crippen LogP contribution in [-0.2, 0) is 16.1 Å². The van der Waals surface area contributed by atoms with Crippen LogP contribution in [0.15, 0.2) is 24.4 Å². The maximum absolute atomic E-state index is 12.5. The molecule has 1 aromatic heterocycles. The summed E-state index contributed by atoms with van der Waals surface area (Å²) < 4.78 is 7.08. The van der Waals surface area contributed by atoms with Gasteiger partial charge >= 0.3 is 5.97 Å². The van der Waals surface area contributed by atoms with Crippen LogP contribution in [0.2, 0.25) is 0 Å². The number of aryl methyl sites for hydroxylation is 2. The van der Waals surface area contributed by atoms with E-state index in [1.54, 1.807) is 13.1 Å². The third-order valence-corrected chi connectivity index (χ3v) is 5.32. The maximum Gasteiger partial charge on any atom is 0.341 e. The second-order valence-electron chi connectivity index (χ2n) is 7.38. The van der Waals surface area contributed by atoms with Crippen LogP contribution in [0, 0.1) is 19.8 Å². The largest absolute Gasteiger partial charge is 0.462 e. The normalized spacial score (nSPS) is 15.5. The molecule has 0 spiro atoms. The molecular weight excluding hydrogens is 356 g/mol. The molecule has 1 aromatic carbocycles. The molecule has 0 atom stereocenters. The van der Waals surface area contributed by atoms with Gasteiger partial charge < -0.3 is 10.5 Å². The Labute approximate surface area is 165 Å². The van der Waals surface area contributed by atoms with Crippen molar-refractivity contribution in [2.24, 2.45) is 11.7 Å². The second kappa shape index (κ2) is 8.56. The van der Waals surface area contributed by atoms with Crippen molar-refractivity contribution in [2.75, 3.05) is 19.7 Å². The van der Waals surface area contributed by atoms with Crippen LogP contribution in [0.3, 0.4) is 0 Å². The summed E-state index contributed by atoms with van der Waals surface area (Å²) in [7, 11) is 0. The molecule has 7 heteroatoms. The summed E-state index contributed by atoms with van der Waals surface area (Å²) >= 11 is 0. The average molecular weight is 384 g/mol. The fraction of sp³-hybridized carbons (Fsp3) is 0.476. The molecule has 7 nitrogen and oxygen atoms in total. The third kappa shape index (κ3) is 4.25. The van der Waals surface area contributed by atoms with Gasteiger partial charge in [-0.1, -0.05) is 12.1 Å². The highest BCUT2D eigenvalue weighted by Crippen LogP contribution is 2.24. The zero-order chi connectivity index (χ0) is 20.3. The number of carbonyl (C=O) groups is 2. The van der Waals surface area contributed by atoms with Crippen molar-refractivity contribution in [1.29, 1.82) is 0 Å². The summed E-state index contributed by atoms with van der Waals surface area (Å²) in [5.41, 5.74) is 9.90. The number of rotatable bonds is 6. The molecule has 0 radical (unpaired) electrons. The minimum Gasteiger partial charge on any atom is -0.462 e. The van der Waals surface area contributed by atoms with E-state index in [9.17, 15) is 9.59 Å². The summed E-state index contributed by atoms with van der Waals surface area (Å²) in [6, 6.07) is 6.18. The second-order valence-corrected chi connectivity index (χ2v) is 7.38. The fourth-order valence-corrected chi connectivity index (χ4v) is 3.65. The Hall–Kier alpha value is -2.67. The van der Waals surface area contributed by atoms with E-state index < -0.39 is 0 Å². The standard InChI is InChI=1S/C21H28N4O3/c1-4-28-21(27)17-12-23-25(18-11-14(2)5-6-15(18)3)19(17)13-24-9-7-16(8-10-24)20(22)26/h5-6,11-12,16H,4,7-10,13H2,1-3H3,(H2,22,26). The highest BCUT2D eigenvalue weighted by atomic mass is 16.5. The first kappa shape index (κ1) is 20.1. The zero-order valence-corrected chi connectivity index (χ0v) is 16.8. The van der Waals surface area contributed by atoms with E-state index in [2.05, 4.69) is 28.2 Å². The molecule has 2 N–H and O–H groups in total. The minimum absolute atomic E-state index is 0.0651. The highest BCUT2D eigenvalue weighted by Gasteiger charge is 2.27. The number of hydrogen-bond donors (Lipinski definition) is 1. The smallest absolute Gasteiger partial charge is 0.341 e. The number of hydrogen-bond acceptors (Lipinski definition) is 5. The number of primary amides is 1. The number of esters is 1. The molecule has 150 valence electrons. The van der Waals surface area contributed by atoms with Crippen LogP contribution in [0.1, 0.15) is 46.9 Å². The Morgan fingerprint density at radius 1 is 1.25 bits per heavy atom. The van der Waals surface area contributed by atoms with Crippen LogP contribution in [0.4, 0.5) is 0 Å². The van der Waals surface area contributed by atoms with Crippen molar-refractivity contribution in [1.82, 2.24) is 14.7 Å². The number of ether oxygens (including phenoxy) is 1. The first-order valence-electron chi connectivity index (χ1n) is 9.74. The first-order chi connectivity index (χ1) is 13.4. The van der Waals surface area contributed by atoms with Crippen molar-refractivity contribution in [3.8, 4) is 5.69 Å². The van der Waals surface area contributed by atoms with E-state index in [-0.39, 0.29) is 17.8 Å². The maximum atomic E-state index is 12.5. The molecule has 1 aliphatic heterocycles. The molecule has 1 amide bonds. The predicted octanol–water partition coefficient (Wildman–Crippen LogP) is 2.36. The zero-order valence-electron chi connectivity index (χ0n) is 16.8. The predicted molar refractivity (Wildman–Crippen MR) is 106 cm³/mol. The molecule has 1 aliphatic rings. The number of nitrogens with two attached hydrogens (primary N) is 1. The van der Waals surface area contributed by atoms with E-state index in [0.717, 1.165) is 48.4 Å².